The number of hydrogen-bond donors (Lipinski definition) is 2. The van der Waals surface area contributed by atoms with Gasteiger partial charge in [0, 0.05) is 23.8 Å². The normalized spacial score (nSPS) is 15.6. The van der Waals surface area contributed by atoms with Crippen molar-refractivity contribution in [2.24, 2.45) is 0 Å². The molecule has 2 N–H and O–H groups in total. The SMILES string of the molecule is C[C@H]1CCc2c(C(=O)NCc3cccc(Cl)c3F)c(=O)c(O)c(C=O)n21. The van der Waals surface area contributed by atoms with E-state index in [9.17, 15) is 23.9 Å². The van der Waals surface area contributed by atoms with Gasteiger partial charge in [-0.25, -0.2) is 4.39 Å². The van der Waals surface area contributed by atoms with E-state index in [1.807, 2.05) is 6.92 Å². The number of amides is 1. The lowest BCUT2D eigenvalue weighted by Gasteiger charge is -2.17. The zero-order chi connectivity index (χ0) is 19.0. The molecule has 1 atom stereocenters. The van der Waals surface area contributed by atoms with E-state index in [2.05, 4.69) is 5.32 Å². The Kier molecular flexibility index (Phi) is 4.82. The number of nitrogens with one attached hydrogen (secondary N) is 1. The van der Waals surface area contributed by atoms with Crippen LogP contribution in [0.2, 0.25) is 5.02 Å². The highest BCUT2D eigenvalue weighted by molar-refractivity contribution is 6.30. The molecule has 1 amide bonds. The molecule has 8 heteroatoms. The van der Waals surface area contributed by atoms with Crippen molar-refractivity contribution in [1.82, 2.24) is 9.88 Å². The summed E-state index contributed by atoms with van der Waals surface area (Å²) in [6.07, 6.45) is 1.46. The maximum absolute atomic E-state index is 13.9. The molecule has 0 spiro atoms. The van der Waals surface area contributed by atoms with Crippen molar-refractivity contribution < 1.29 is 19.1 Å². The second kappa shape index (κ2) is 6.92. The number of hydrogen-bond acceptors (Lipinski definition) is 4. The number of aldehydes is 1. The van der Waals surface area contributed by atoms with Crippen molar-refractivity contribution in [3.05, 3.63) is 61.8 Å². The summed E-state index contributed by atoms with van der Waals surface area (Å²) < 4.78 is 15.5. The highest BCUT2D eigenvalue weighted by atomic mass is 35.5. The van der Waals surface area contributed by atoms with Crippen molar-refractivity contribution in [1.29, 1.82) is 0 Å². The van der Waals surface area contributed by atoms with E-state index in [4.69, 9.17) is 11.6 Å². The Balaban J connectivity index is 1.98. The summed E-state index contributed by atoms with van der Waals surface area (Å²) >= 11 is 5.71. The minimum Gasteiger partial charge on any atom is -0.503 e. The molecule has 1 aromatic carbocycles. The predicted molar refractivity (Wildman–Crippen MR) is 93.4 cm³/mol. The largest absolute Gasteiger partial charge is 0.503 e. The van der Waals surface area contributed by atoms with Gasteiger partial charge in [0.25, 0.3) is 5.91 Å². The van der Waals surface area contributed by atoms with Crippen molar-refractivity contribution in [3.63, 3.8) is 0 Å². The van der Waals surface area contributed by atoms with Gasteiger partial charge in [0.15, 0.2) is 12.0 Å². The molecule has 26 heavy (non-hydrogen) atoms. The molecule has 2 aromatic rings. The molecule has 0 saturated carbocycles. The first kappa shape index (κ1) is 18.1. The molecular weight excluding hydrogens is 363 g/mol. The van der Waals surface area contributed by atoms with E-state index >= 15 is 0 Å². The minimum absolute atomic E-state index is 0.0699. The van der Waals surface area contributed by atoms with Crippen LogP contribution < -0.4 is 10.7 Å². The van der Waals surface area contributed by atoms with Crippen LogP contribution in [0.3, 0.4) is 0 Å². The number of rotatable bonds is 4. The number of aromatic nitrogens is 1. The Morgan fingerprint density at radius 2 is 2.23 bits per heavy atom. The zero-order valence-corrected chi connectivity index (χ0v) is 14.6. The van der Waals surface area contributed by atoms with E-state index in [0.29, 0.717) is 24.8 Å². The topological polar surface area (TPSA) is 88.4 Å². The first-order valence-electron chi connectivity index (χ1n) is 8.03. The quantitative estimate of drug-likeness (QED) is 0.800. The number of pyridine rings is 1. The molecule has 0 unspecified atom stereocenters. The van der Waals surface area contributed by atoms with Gasteiger partial charge in [-0.3, -0.25) is 14.4 Å². The summed E-state index contributed by atoms with van der Waals surface area (Å²) in [6.45, 7) is 1.66. The van der Waals surface area contributed by atoms with Crippen molar-refractivity contribution in [2.75, 3.05) is 0 Å². The monoisotopic (exact) mass is 378 g/mol. The summed E-state index contributed by atoms with van der Waals surface area (Å²) in [5.41, 5.74) is -0.694. The van der Waals surface area contributed by atoms with E-state index in [0.717, 1.165) is 0 Å². The molecule has 0 aliphatic carbocycles. The first-order chi connectivity index (χ1) is 12.4. The van der Waals surface area contributed by atoms with Crippen LogP contribution >= 0.6 is 11.6 Å². The predicted octanol–water partition coefficient (Wildman–Crippen LogP) is 2.60. The summed E-state index contributed by atoms with van der Waals surface area (Å²) in [5, 5.41) is 12.5. The van der Waals surface area contributed by atoms with Crippen LogP contribution in [0, 0.1) is 5.82 Å². The highest BCUT2D eigenvalue weighted by Crippen LogP contribution is 2.31. The lowest BCUT2D eigenvalue weighted by Crippen LogP contribution is -2.32. The number of benzene rings is 1. The molecule has 1 aromatic heterocycles. The maximum Gasteiger partial charge on any atom is 0.257 e. The number of nitrogens with zero attached hydrogens (tertiary/aromatic N) is 1. The van der Waals surface area contributed by atoms with Gasteiger partial charge in [0.2, 0.25) is 5.43 Å². The molecule has 0 bridgehead atoms. The van der Waals surface area contributed by atoms with Gasteiger partial charge in [-0.15, -0.1) is 0 Å². The summed E-state index contributed by atoms with van der Waals surface area (Å²) in [7, 11) is 0. The molecule has 136 valence electrons. The van der Waals surface area contributed by atoms with Gasteiger partial charge in [-0.1, -0.05) is 23.7 Å². The lowest BCUT2D eigenvalue weighted by molar-refractivity contribution is 0.0946. The van der Waals surface area contributed by atoms with Crippen LogP contribution in [-0.4, -0.2) is 21.9 Å². The van der Waals surface area contributed by atoms with Crippen LogP contribution in [0.25, 0.3) is 0 Å². The van der Waals surface area contributed by atoms with E-state index in [1.54, 1.807) is 6.07 Å². The minimum atomic E-state index is -0.906. The molecule has 6 nitrogen and oxygen atoms in total. The molecule has 1 aliphatic rings. The van der Waals surface area contributed by atoms with Crippen LogP contribution in [0.1, 0.15) is 51.5 Å². The van der Waals surface area contributed by atoms with Crippen molar-refractivity contribution in [3.8, 4) is 5.75 Å². The summed E-state index contributed by atoms with van der Waals surface area (Å²) in [5.74, 6) is -2.14. The second-order valence-corrected chi connectivity index (χ2v) is 6.56. The molecule has 0 radical (unpaired) electrons. The van der Waals surface area contributed by atoms with E-state index < -0.39 is 22.9 Å². The van der Waals surface area contributed by atoms with Crippen LogP contribution in [0.15, 0.2) is 23.0 Å². The fourth-order valence-corrected chi connectivity index (χ4v) is 3.46. The Morgan fingerprint density at radius 3 is 2.92 bits per heavy atom. The Hall–Kier alpha value is -2.67. The van der Waals surface area contributed by atoms with Gasteiger partial charge in [0.1, 0.15) is 17.1 Å². The number of carbonyl (C=O) groups is 2. The number of fused-ring (bicyclic) bond motifs is 1. The second-order valence-electron chi connectivity index (χ2n) is 6.16. The highest BCUT2D eigenvalue weighted by Gasteiger charge is 2.31. The van der Waals surface area contributed by atoms with E-state index in [-0.39, 0.29) is 34.4 Å². The third-order valence-corrected chi connectivity index (χ3v) is 4.86. The summed E-state index contributed by atoms with van der Waals surface area (Å²) in [4.78, 5) is 36.3. The number of halogens is 2. The van der Waals surface area contributed by atoms with Crippen LogP contribution in [-0.2, 0) is 13.0 Å². The molecule has 3 rings (SSSR count). The van der Waals surface area contributed by atoms with E-state index in [1.165, 1.54) is 16.7 Å². The molecule has 2 heterocycles. The fourth-order valence-electron chi connectivity index (χ4n) is 3.26. The number of carbonyl (C=O) groups excluding carboxylic acids is 2. The lowest BCUT2D eigenvalue weighted by atomic mass is 10.1. The maximum atomic E-state index is 13.9. The van der Waals surface area contributed by atoms with Gasteiger partial charge in [-0.2, -0.15) is 0 Å². The Labute approximate surface area is 153 Å². The van der Waals surface area contributed by atoms with Crippen LogP contribution in [0.5, 0.6) is 5.75 Å². The van der Waals surface area contributed by atoms with Gasteiger partial charge < -0.3 is 15.0 Å². The molecule has 0 fully saturated rings. The average Bonchev–Trinajstić information content (AvgIpc) is 2.98. The number of aromatic hydroxyl groups is 1. The van der Waals surface area contributed by atoms with Crippen molar-refractivity contribution >= 4 is 23.8 Å². The zero-order valence-electron chi connectivity index (χ0n) is 13.9. The standard InChI is InChI=1S/C18H16ClFN2O4/c1-9-5-6-12-14(17(25)16(24)13(8-23)22(9)12)18(26)21-7-10-3-2-4-11(19)15(10)20/h2-4,8-9,24H,5-7H2,1H3,(H,21,26)/t9-/m0/s1. The third kappa shape index (κ3) is 2.88. The smallest absolute Gasteiger partial charge is 0.257 e. The fraction of sp³-hybridized carbons (Fsp3) is 0.278. The average molecular weight is 379 g/mol. The molecule has 0 saturated heterocycles. The van der Waals surface area contributed by atoms with Crippen LogP contribution in [0.4, 0.5) is 4.39 Å². The first-order valence-corrected chi connectivity index (χ1v) is 8.41. The molecular formula is C18H16ClFN2O4. The molecule has 1 aliphatic heterocycles. The Bertz CT molecular complexity index is 971. The van der Waals surface area contributed by atoms with Gasteiger partial charge in [0.05, 0.1) is 5.02 Å². The third-order valence-electron chi connectivity index (χ3n) is 4.57. The summed E-state index contributed by atoms with van der Waals surface area (Å²) in [6, 6.07) is 4.27. The van der Waals surface area contributed by atoms with Gasteiger partial charge in [-0.05, 0) is 25.8 Å². The Morgan fingerprint density at radius 1 is 1.50 bits per heavy atom. The van der Waals surface area contributed by atoms with Crippen molar-refractivity contribution in [2.45, 2.75) is 32.4 Å². The van der Waals surface area contributed by atoms with Gasteiger partial charge >= 0.3 is 0 Å².